The summed E-state index contributed by atoms with van der Waals surface area (Å²) in [5, 5.41) is 4.40. The summed E-state index contributed by atoms with van der Waals surface area (Å²) in [7, 11) is 0. The molecule has 1 aromatic heterocycles. The molecule has 192 valence electrons. The maximum Gasteiger partial charge on any atom is 0.293 e. The van der Waals surface area contributed by atoms with Gasteiger partial charge in [-0.15, -0.1) is 0 Å². The Hall–Kier alpha value is -3.94. The Morgan fingerprint density at radius 3 is 2.24 bits per heavy atom. The maximum atomic E-state index is 13.1. The van der Waals surface area contributed by atoms with Crippen LogP contribution in [0, 0.1) is 6.92 Å². The van der Waals surface area contributed by atoms with Crippen LogP contribution >= 0.6 is 0 Å². The zero-order valence-electron chi connectivity index (χ0n) is 21.1. The molecule has 0 amide bonds. The molecule has 1 aliphatic heterocycles. The third-order valence-corrected chi connectivity index (χ3v) is 6.26. The highest BCUT2D eigenvalue weighted by Gasteiger charge is 2.20. The minimum atomic E-state index is 0.113. The topological polar surface area (TPSA) is 83.7 Å². The highest BCUT2D eigenvalue weighted by atomic mass is 16.5. The van der Waals surface area contributed by atoms with Crippen LogP contribution in [0.1, 0.15) is 27.0 Å². The monoisotopic (exact) mass is 499 g/mol. The van der Waals surface area contributed by atoms with E-state index >= 15 is 0 Å². The Morgan fingerprint density at radius 2 is 1.59 bits per heavy atom. The van der Waals surface area contributed by atoms with E-state index in [0.717, 1.165) is 53.8 Å². The van der Waals surface area contributed by atoms with E-state index in [-0.39, 0.29) is 5.78 Å². The van der Waals surface area contributed by atoms with Gasteiger partial charge in [0.05, 0.1) is 12.1 Å². The number of Topliss-reactive ketones (excluding diaryl/α,β-unsaturated/α-hetero) is 1. The predicted molar refractivity (Wildman–Crippen MR) is 145 cm³/mol. The number of nitrogens with one attached hydrogen (secondary N) is 2. The highest BCUT2D eigenvalue weighted by Crippen LogP contribution is 2.29. The Balaban J connectivity index is 0.000000270. The number of rotatable bonds is 9. The number of H-pyrrole nitrogens is 1. The Bertz CT molecular complexity index is 1280. The molecule has 2 heterocycles. The van der Waals surface area contributed by atoms with Gasteiger partial charge in [0, 0.05) is 49.3 Å². The summed E-state index contributed by atoms with van der Waals surface area (Å²) in [6, 6.07) is 23.5. The summed E-state index contributed by atoms with van der Waals surface area (Å²) in [5.41, 5.74) is 4.89. The van der Waals surface area contributed by atoms with Crippen molar-refractivity contribution in [2.75, 3.05) is 32.7 Å². The van der Waals surface area contributed by atoms with E-state index in [1.54, 1.807) is 0 Å². The van der Waals surface area contributed by atoms with Crippen LogP contribution in [0.5, 0.6) is 5.75 Å². The van der Waals surface area contributed by atoms with Crippen molar-refractivity contribution in [3.63, 3.8) is 0 Å². The highest BCUT2D eigenvalue weighted by molar-refractivity contribution is 6.04. The van der Waals surface area contributed by atoms with E-state index in [0.29, 0.717) is 37.5 Å². The Labute approximate surface area is 217 Å². The predicted octanol–water partition coefficient (Wildman–Crippen LogP) is 4.50. The number of nitrogens with zero attached hydrogens (tertiary/aromatic N) is 1. The van der Waals surface area contributed by atoms with Crippen molar-refractivity contribution < 1.29 is 19.1 Å². The normalized spacial score (nSPS) is 13.4. The first-order valence-electron chi connectivity index (χ1n) is 12.5. The summed E-state index contributed by atoms with van der Waals surface area (Å²) in [6.45, 7) is 7.40. The van der Waals surface area contributed by atoms with Crippen LogP contribution in [0.25, 0.3) is 10.9 Å². The fraction of sp³-hybridized carbons (Fsp3) is 0.267. The first kappa shape index (κ1) is 26.1. The van der Waals surface area contributed by atoms with Crippen LogP contribution in [0.3, 0.4) is 0 Å². The molecule has 4 aromatic rings. The third-order valence-electron chi connectivity index (χ3n) is 6.26. The molecule has 5 rings (SSSR count). The van der Waals surface area contributed by atoms with Crippen molar-refractivity contribution in [2.45, 2.75) is 20.1 Å². The van der Waals surface area contributed by atoms with Crippen molar-refractivity contribution in [3.8, 4) is 5.75 Å². The van der Waals surface area contributed by atoms with Gasteiger partial charge in [0.1, 0.15) is 19.0 Å². The molecule has 7 heteroatoms. The van der Waals surface area contributed by atoms with Gasteiger partial charge >= 0.3 is 0 Å². The van der Waals surface area contributed by atoms with E-state index in [4.69, 9.17) is 4.74 Å². The number of hydrogen-bond acceptors (Lipinski definition) is 6. The second-order valence-electron chi connectivity index (χ2n) is 8.98. The summed E-state index contributed by atoms with van der Waals surface area (Å²) >= 11 is 0. The van der Waals surface area contributed by atoms with E-state index in [1.165, 1.54) is 0 Å². The molecule has 7 nitrogen and oxygen atoms in total. The van der Waals surface area contributed by atoms with Gasteiger partial charge in [-0.25, -0.2) is 0 Å². The summed E-state index contributed by atoms with van der Waals surface area (Å²) in [5.74, 6) is 0.760. The van der Waals surface area contributed by atoms with Gasteiger partial charge in [0.15, 0.2) is 5.78 Å². The van der Waals surface area contributed by atoms with Crippen molar-refractivity contribution in [2.24, 2.45) is 0 Å². The first-order chi connectivity index (χ1) is 18.1. The maximum absolute atomic E-state index is 13.1. The van der Waals surface area contributed by atoms with Crippen molar-refractivity contribution in [1.29, 1.82) is 0 Å². The fourth-order valence-corrected chi connectivity index (χ4v) is 4.22. The molecule has 1 aliphatic rings. The number of benzene rings is 3. The number of ether oxygens (including phenoxy) is 2. The van der Waals surface area contributed by atoms with Crippen LogP contribution in [-0.4, -0.2) is 54.9 Å². The van der Waals surface area contributed by atoms with Crippen LogP contribution in [-0.2, 0) is 22.7 Å². The largest absolute Gasteiger partial charge is 0.488 e. The zero-order valence-corrected chi connectivity index (χ0v) is 21.1. The number of ketones is 1. The standard InChI is InChI=1S/C22H25N3O2.C8H8O2/c1-16-13-24-20-12-22(27-15-17-5-3-2-4-6-17)19(11-18(16)20)21(26)14-25-9-7-23-8-10-25;9-7-10-6-8-4-2-1-3-5-8/h2-6,11-13,23-24H,7-10,14-15H2,1H3;1-5,7H,6H2. The van der Waals surface area contributed by atoms with Crippen molar-refractivity contribution in [1.82, 2.24) is 15.2 Å². The van der Waals surface area contributed by atoms with Crippen LogP contribution < -0.4 is 10.1 Å². The lowest BCUT2D eigenvalue weighted by Gasteiger charge is -2.26. The SMILES string of the molecule is Cc1c[nH]c2cc(OCc3ccccc3)c(C(=O)CN3CCNCC3)cc12.O=COCc1ccccc1. The molecular weight excluding hydrogens is 466 g/mol. The van der Waals surface area contributed by atoms with Gasteiger partial charge in [-0.1, -0.05) is 60.7 Å². The lowest BCUT2D eigenvalue weighted by Crippen LogP contribution is -2.45. The third kappa shape index (κ3) is 7.52. The van der Waals surface area contributed by atoms with Gasteiger partial charge in [0.2, 0.25) is 0 Å². The van der Waals surface area contributed by atoms with Crippen molar-refractivity contribution in [3.05, 3.63) is 101 Å². The van der Waals surface area contributed by atoms with E-state index < -0.39 is 0 Å². The molecule has 0 saturated carbocycles. The number of hydrogen-bond donors (Lipinski definition) is 2. The number of piperazine rings is 1. The molecule has 37 heavy (non-hydrogen) atoms. The molecular formula is C30H33N3O4. The summed E-state index contributed by atoms with van der Waals surface area (Å²) in [6.07, 6.45) is 1.97. The number of carbonyl (C=O) groups excluding carboxylic acids is 2. The van der Waals surface area contributed by atoms with E-state index in [2.05, 4.69) is 19.9 Å². The summed E-state index contributed by atoms with van der Waals surface area (Å²) in [4.78, 5) is 28.3. The number of fused-ring (bicyclic) bond motifs is 1. The fourth-order valence-electron chi connectivity index (χ4n) is 4.22. The van der Waals surface area contributed by atoms with Crippen LogP contribution in [0.15, 0.2) is 79.0 Å². The molecule has 0 unspecified atom stereocenters. The average molecular weight is 500 g/mol. The lowest BCUT2D eigenvalue weighted by atomic mass is 10.0. The van der Waals surface area contributed by atoms with E-state index in [9.17, 15) is 9.59 Å². The Kier molecular flexibility index (Phi) is 9.46. The molecule has 3 aromatic carbocycles. The molecule has 0 radical (unpaired) electrons. The lowest BCUT2D eigenvalue weighted by molar-refractivity contribution is -0.129. The molecule has 1 saturated heterocycles. The second kappa shape index (κ2) is 13.4. The minimum Gasteiger partial charge on any atom is -0.488 e. The van der Waals surface area contributed by atoms with Crippen LogP contribution in [0.4, 0.5) is 0 Å². The van der Waals surface area contributed by atoms with Crippen molar-refractivity contribution >= 4 is 23.2 Å². The zero-order chi connectivity index (χ0) is 25.9. The average Bonchev–Trinajstić information content (AvgIpc) is 3.31. The first-order valence-corrected chi connectivity index (χ1v) is 12.5. The van der Waals surface area contributed by atoms with Gasteiger partial charge in [-0.2, -0.15) is 0 Å². The quantitative estimate of drug-likeness (QED) is 0.261. The number of aromatic nitrogens is 1. The van der Waals surface area contributed by atoms with Gasteiger partial charge in [-0.3, -0.25) is 14.5 Å². The van der Waals surface area contributed by atoms with Gasteiger partial charge in [0.25, 0.3) is 6.47 Å². The minimum absolute atomic E-state index is 0.113. The molecule has 0 bridgehead atoms. The van der Waals surface area contributed by atoms with Gasteiger partial charge in [-0.05, 0) is 29.7 Å². The molecule has 0 atom stereocenters. The number of carbonyl (C=O) groups is 2. The number of aromatic amines is 1. The Morgan fingerprint density at radius 1 is 0.946 bits per heavy atom. The summed E-state index contributed by atoms with van der Waals surface area (Å²) < 4.78 is 10.6. The molecule has 1 fully saturated rings. The van der Waals surface area contributed by atoms with Crippen LogP contribution in [0.2, 0.25) is 0 Å². The molecule has 2 N–H and O–H groups in total. The molecule has 0 spiro atoms. The second-order valence-corrected chi connectivity index (χ2v) is 8.98. The number of aryl methyl sites for hydroxylation is 1. The molecule has 0 aliphatic carbocycles. The van der Waals surface area contributed by atoms with Gasteiger partial charge < -0.3 is 19.8 Å². The smallest absolute Gasteiger partial charge is 0.293 e. The van der Waals surface area contributed by atoms with E-state index in [1.807, 2.05) is 85.9 Å².